The van der Waals surface area contributed by atoms with Crippen LogP contribution in [0.2, 0.25) is 0 Å². The van der Waals surface area contributed by atoms with Gasteiger partial charge in [-0.05, 0) is 104 Å². The molecule has 2 amide bonds. The number of aromatic nitrogens is 10. The summed E-state index contributed by atoms with van der Waals surface area (Å²) >= 11 is 3.31. The Kier molecular flexibility index (Phi) is 17.7. The molecule has 0 unspecified atom stereocenters. The number of nitrogens with one attached hydrogen (secondary N) is 4. The van der Waals surface area contributed by atoms with Gasteiger partial charge in [0.2, 0.25) is 11.8 Å². The van der Waals surface area contributed by atoms with E-state index in [0.29, 0.717) is 35.3 Å². The summed E-state index contributed by atoms with van der Waals surface area (Å²) in [5.41, 5.74) is -1.37. The van der Waals surface area contributed by atoms with Crippen LogP contribution in [-0.4, -0.2) is 106 Å². The zero-order chi connectivity index (χ0) is 62.1. The topological polar surface area (TPSA) is 240 Å². The smallest absolute Gasteiger partial charge is 0.399 e. The number of benzene rings is 2. The van der Waals surface area contributed by atoms with Crippen molar-refractivity contribution in [1.82, 2.24) is 49.8 Å². The summed E-state index contributed by atoms with van der Waals surface area (Å²) in [6.07, 6.45) is 1.74. The van der Waals surface area contributed by atoms with E-state index in [2.05, 4.69) is 77.6 Å². The van der Waals surface area contributed by atoms with Gasteiger partial charge < -0.3 is 39.6 Å². The molecule has 8 aromatic rings. The van der Waals surface area contributed by atoms with Crippen LogP contribution in [0.25, 0.3) is 11.1 Å². The fourth-order valence-electron chi connectivity index (χ4n) is 9.25. The number of amides is 2. The summed E-state index contributed by atoms with van der Waals surface area (Å²) in [7, 11) is 6.61. The maximum absolute atomic E-state index is 14.8. The van der Waals surface area contributed by atoms with Crippen LogP contribution in [-0.2, 0) is 69.5 Å². The Hall–Kier alpha value is -8.12. The first-order chi connectivity index (χ1) is 40.5. The Morgan fingerprint density at radius 1 is 0.605 bits per heavy atom. The van der Waals surface area contributed by atoms with E-state index in [1.165, 1.54) is 24.3 Å². The van der Waals surface area contributed by atoms with Crippen LogP contribution < -0.4 is 26.7 Å². The Bertz CT molecular complexity index is 3710. The highest BCUT2D eigenvalue weighted by Crippen LogP contribution is 2.60. The lowest BCUT2D eigenvalue weighted by Crippen LogP contribution is -2.41. The minimum atomic E-state index is -4.46. The number of halogens is 9. The molecule has 2 aromatic carbocycles. The first kappa shape index (κ1) is 62.4. The monoisotopic (exact) mass is 1260 g/mol. The second kappa shape index (κ2) is 24.3. The largest absolute Gasteiger partial charge is 0.494 e. The number of rotatable bonds is 16. The number of hydrogen-bond acceptors (Lipinski definition) is 16. The van der Waals surface area contributed by atoms with Crippen LogP contribution in [0.15, 0.2) is 99.2 Å². The lowest BCUT2D eigenvalue weighted by atomic mass is 9.78. The summed E-state index contributed by atoms with van der Waals surface area (Å²) < 4.78 is 135. The van der Waals surface area contributed by atoms with Crippen molar-refractivity contribution >= 4 is 63.6 Å². The fourth-order valence-corrected chi connectivity index (χ4v) is 9.46. The molecule has 1 aliphatic heterocycles. The summed E-state index contributed by atoms with van der Waals surface area (Å²) in [5, 5.41) is 26.4. The summed E-state index contributed by atoms with van der Waals surface area (Å²) in [6.45, 7) is 7.54. The third kappa shape index (κ3) is 13.9. The third-order valence-electron chi connectivity index (χ3n) is 15.1. The summed E-state index contributed by atoms with van der Waals surface area (Å²) in [4.78, 5) is 41.9. The lowest BCUT2D eigenvalue weighted by Gasteiger charge is -2.32. The number of hydrogen-bond donors (Lipinski definition) is 4. The zero-order valence-corrected chi connectivity index (χ0v) is 49.2. The molecule has 0 atom stereocenters. The van der Waals surface area contributed by atoms with Gasteiger partial charge in [0.1, 0.15) is 34.1 Å². The van der Waals surface area contributed by atoms with Gasteiger partial charge in [-0.2, -0.15) is 36.5 Å². The van der Waals surface area contributed by atoms with Crippen molar-refractivity contribution in [2.45, 2.75) is 113 Å². The predicted octanol–water partition coefficient (Wildman–Crippen LogP) is 9.90. The molecule has 2 aliphatic carbocycles. The van der Waals surface area contributed by atoms with Crippen LogP contribution in [0, 0.1) is 11.6 Å². The molecule has 0 spiro atoms. The van der Waals surface area contributed by atoms with Gasteiger partial charge in [-0.3, -0.25) is 19.0 Å². The van der Waals surface area contributed by atoms with Crippen LogP contribution >= 0.6 is 15.9 Å². The van der Waals surface area contributed by atoms with Gasteiger partial charge >= 0.3 is 19.5 Å². The zero-order valence-electron chi connectivity index (χ0n) is 47.6. The number of carbonyl (C=O) groups is 2. The van der Waals surface area contributed by atoms with E-state index in [0.717, 1.165) is 45.2 Å². The number of nitrogens with zero attached hydrogens (tertiary/aromatic N) is 10. The number of anilines is 4. The highest BCUT2D eigenvalue weighted by atomic mass is 79.9. The van der Waals surface area contributed by atoms with E-state index in [1.807, 2.05) is 61.2 Å². The van der Waals surface area contributed by atoms with Crippen molar-refractivity contribution in [3.63, 3.8) is 0 Å². The lowest BCUT2D eigenvalue weighted by molar-refractivity contribution is -0.166. The maximum atomic E-state index is 14.8. The predicted molar refractivity (Wildman–Crippen MR) is 302 cm³/mol. The molecule has 6 aromatic heterocycles. The average Bonchev–Trinajstić information content (AvgIpc) is 1.64. The van der Waals surface area contributed by atoms with E-state index in [-0.39, 0.29) is 72.8 Å². The van der Waals surface area contributed by atoms with Gasteiger partial charge in [0.25, 0.3) is 0 Å². The van der Waals surface area contributed by atoms with Crippen molar-refractivity contribution in [3.05, 3.63) is 147 Å². The Balaban J connectivity index is 0.000000166. The quantitative estimate of drug-likeness (QED) is 0.0520. The van der Waals surface area contributed by atoms with Crippen molar-refractivity contribution in [2.75, 3.05) is 35.4 Å². The first-order valence-corrected chi connectivity index (χ1v) is 27.6. The van der Waals surface area contributed by atoms with Crippen molar-refractivity contribution < 1.29 is 63.1 Å². The van der Waals surface area contributed by atoms with E-state index < -0.39 is 65.0 Å². The number of aryl methyl sites for hydroxylation is 2. The second-order valence-electron chi connectivity index (χ2n) is 21.9. The van der Waals surface area contributed by atoms with Crippen molar-refractivity contribution in [3.8, 4) is 11.1 Å². The fraction of sp³-hybridized carbons (Fsp3) is 0.393. The molecule has 11 rings (SSSR count). The van der Waals surface area contributed by atoms with Crippen LogP contribution in [0.5, 0.6) is 0 Å². The van der Waals surface area contributed by atoms with E-state index in [4.69, 9.17) is 18.4 Å². The van der Waals surface area contributed by atoms with Crippen LogP contribution in [0.3, 0.4) is 0 Å². The number of carbonyl (C=O) groups excluding carboxylic acids is 2. The molecular weight excluding hydrogens is 1210 g/mol. The maximum Gasteiger partial charge on any atom is 0.494 e. The molecular formula is C56H58BBrF8N14O6. The molecule has 7 heterocycles. The summed E-state index contributed by atoms with van der Waals surface area (Å²) in [6, 6.07) is 10.8. The molecule has 86 heavy (non-hydrogen) atoms. The number of alkyl halides is 6. The molecule has 2 saturated carbocycles. The van der Waals surface area contributed by atoms with Gasteiger partial charge in [-0.15, -0.1) is 0 Å². The van der Waals surface area contributed by atoms with Crippen molar-refractivity contribution in [1.29, 1.82) is 0 Å². The minimum Gasteiger partial charge on any atom is -0.399 e. The first-order valence-electron chi connectivity index (χ1n) is 26.8. The van der Waals surface area contributed by atoms with Gasteiger partial charge in [0.05, 0.1) is 28.5 Å². The van der Waals surface area contributed by atoms with Crippen molar-refractivity contribution in [2.24, 2.45) is 14.1 Å². The van der Waals surface area contributed by atoms with Gasteiger partial charge in [0.15, 0.2) is 34.8 Å². The second-order valence-corrected chi connectivity index (χ2v) is 22.8. The normalized spacial score (nSPS) is 16.1. The summed E-state index contributed by atoms with van der Waals surface area (Å²) in [5.74, 6) is -0.524. The third-order valence-corrected chi connectivity index (χ3v) is 15.5. The standard InChI is InChI=1S/C25H23F4N7O2.C21H23BF4N2O4.C10H12BrN5/c1-30-23-16(13-36(2)34-23)8-20-31-11-17(12-32-20)14-3-4-15(18(26)7-14)9-22(37)33-21-10-19(38-35-21)24(5-6-24)25(27,28)29;1-18(2)19(3,4)32-22(31-18)13-6-5-12(14(23)10-13)9-17(29)27-16-11-15(30-28-16)20(7-8-20)21(24,25)26;1-12-10-7(6-16(2)15-10)3-9-13-4-8(11)5-14-9/h3-4,7,10-13H,5-6,8-9H2,1-2H3,(H,30,34)(H,33,35,37);5-6,10-11H,7-9H2,1-4H3,(H,27,28,29);4-6H,3H2,1-2H3,(H,12,15). The van der Waals surface area contributed by atoms with E-state index in [1.54, 1.807) is 53.3 Å². The molecule has 454 valence electrons. The average molecular weight is 1270 g/mol. The van der Waals surface area contributed by atoms with E-state index >= 15 is 0 Å². The molecule has 3 aliphatic rings. The highest BCUT2D eigenvalue weighted by molar-refractivity contribution is 9.10. The molecule has 0 bridgehead atoms. The molecule has 3 fully saturated rings. The van der Waals surface area contributed by atoms with Gasteiger partial charge in [-0.25, -0.2) is 28.7 Å². The molecule has 0 radical (unpaired) electrons. The Morgan fingerprint density at radius 3 is 1.42 bits per heavy atom. The van der Waals surface area contributed by atoms with Gasteiger partial charge in [0, 0.05) is 107 Å². The Morgan fingerprint density at radius 2 is 1.02 bits per heavy atom. The molecule has 20 nitrogen and oxygen atoms in total. The molecule has 30 heteroatoms. The SMILES string of the molecule is CC1(C)OB(c2ccc(CC(=O)Nc3cc(C4(C(F)(F)F)CC4)on3)c(F)c2)OC1(C)C.CNc1nn(C)cc1Cc1ncc(-c2ccc(CC(=O)Nc3cc(C4(C(F)(F)F)CC4)on3)c(F)c2)cn1.CNc1nn(C)cc1Cc1ncc(Br)cn1. The van der Waals surface area contributed by atoms with E-state index in [9.17, 15) is 44.7 Å². The molecule has 4 N–H and O–H groups in total. The van der Waals surface area contributed by atoms with Gasteiger partial charge in [-0.1, -0.05) is 34.6 Å². The Labute approximate surface area is 495 Å². The minimum absolute atomic E-state index is 0.0839. The highest BCUT2D eigenvalue weighted by Gasteiger charge is 2.68. The molecule has 1 saturated heterocycles. The van der Waals surface area contributed by atoms with Crippen LogP contribution in [0.1, 0.15) is 98.8 Å². The van der Waals surface area contributed by atoms with Crippen LogP contribution in [0.4, 0.5) is 58.4 Å².